The zero-order chi connectivity index (χ0) is 22.6. The number of rotatable bonds is 7. The van der Waals surface area contributed by atoms with Crippen LogP contribution in [0.15, 0.2) is 77.7 Å². The van der Waals surface area contributed by atoms with Crippen LogP contribution in [-0.4, -0.2) is 21.4 Å². The average molecular weight is 451 g/mol. The van der Waals surface area contributed by atoms with E-state index in [4.69, 9.17) is 4.74 Å². The number of anilines is 2. The highest BCUT2D eigenvalue weighted by atomic mass is 32.2. The Morgan fingerprint density at radius 3 is 2.56 bits per heavy atom. The van der Waals surface area contributed by atoms with E-state index >= 15 is 0 Å². The van der Waals surface area contributed by atoms with Gasteiger partial charge in [0.1, 0.15) is 5.75 Å². The maximum absolute atomic E-state index is 12.8. The van der Waals surface area contributed by atoms with Crippen molar-refractivity contribution in [1.82, 2.24) is 0 Å². The van der Waals surface area contributed by atoms with Crippen molar-refractivity contribution in [2.24, 2.45) is 0 Å². The summed E-state index contributed by atoms with van der Waals surface area (Å²) >= 11 is 0. The Kier molecular flexibility index (Phi) is 6.46. The number of carbonyl (C=O) groups excluding carboxylic acids is 1. The standard InChI is InChI=1S/C25H26N2O4S/c1-31-22-13-14-24-18(15-22)7-5-8-19(24)16-25(28)26-20-9-6-10-21(17-20)27-32(29,30)23-11-3-2-4-12-23/h2-4,6,9-15,17,19,27H,5,7-8,16H2,1H3,(H,26,28). The van der Waals surface area contributed by atoms with E-state index in [2.05, 4.69) is 22.2 Å². The third-order valence-electron chi connectivity index (χ3n) is 5.67. The third kappa shape index (κ3) is 5.11. The number of methoxy groups -OCH3 is 1. The van der Waals surface area contributed by atoms with Gasteiger partial charge in [-0.05, 0) is 78.8 Å². The van der Waals surface area contributed by atoms with E-state index in [1.54, 1.807) is 49.6 Å². The molecule has 0 bridgehead atoms. The van der Waals surface area contributed by atoms with Crippen molar-refractivity contribution < 1.29 is 17.9 Å². The lowest BCUT2D eigenvalue weighted by Gasteiger charge is -2.25. The maximum atomic E-state index is 12.8. The highest BCUT2D eigenvalue weighted by Gasteiger charge is 2.23. The Bertz CT molecular complexity index is 1210. The zero-order valence-electron chi connectivity index (χ0n) is 17.9. The molecule has 3 aromatic carbocycles. The normalized spacial score (nSPS) is 15.5. The lowest BCUT2D eigenvalue weighted by molar-refractivity contribution is -0.116. The van der Waals surface area contributed by atoms with Gasteiger partial charge >= 0.3 is 0 Å². The molecule has 0 fully saturated rings. The lowest BCUT2D eigenvalue weighted by atomic mass is 9.81. The second-order valence-corrected chi connectivity index (χ2v) is 9.59. The van der Waals surface area contributed by atoms with Crippen molar-refractivity contribution in [2.45, 2.75) is 36.5 Å². The van der Waals surface area contributed by atoms with Crippen LogP contribution in [0.25, 0.3) is 0 Å². The molecule has 0 saturated heterocycles. The molecule has 32 heavy (non-hydrogen) atoms. The minimum atomic E-state index is -3.69. The predicted molar refractivity (Wildman–Crippen MR) is 126 cm³/mol. The van der Waals surface area contributed by atoms with Crippen molar-refractivity contribution in [3.63, 3.8) is 0 Å². The number of fused-ring (bicyclic) bond motifs is 1. The van der Waals surface area contributed by atoms with Crippen molar-refractivity contribution in [3.8, 4) is 5.75 Å². The SMILES string of the molecule is COc1ccc2c(c1)CCCC2CC(=O)Nc1cccc(NS(=O)(=O)c2ccccc2)c1. The molecule has 0 aliphatic heterocycles. The third-order valence-corrected chi connectivity index (χ3v) is 7.07. The Morgan fingerprint density at radius 1 is 1.00 bits per heavy atom. The van der Waals surface area contributed by atoms with E-state index in [1.807, 2.05) is 6.07 Å². The summed E-state index contributed by atoms with van der Waals surface area (Å²) in [6.07, 6.45) is 3.37. The van der Waals surface area contributed by atoms with Gasteiger partial charge in [-0.2, -0.15) is 0 Å². The summed E-state index contributed by atoms with van der Waals surface area (Å²) in [4.78, 5) is 12.9. The van der Waals surface area contributed by atoms with Gasteiger partial charge in [0.15, 0.2) is 0 Å². The quantitative estimate of drug-likeness (QED) is 0.534. The molecule has 6 nitrogen and oxygen atoms in total. The van der Waals surface area contributed by atoms with Crippen molar-refractivity contribution in [2.75, 3.05) is 17.1 Å². The first kappa shape index (κ1) is 21.9. The van der Waals surface area contributed by atoms with E-state index in [1.165, 1.54) is 23.3 Å². The van der Waals surface area contributed by atoms with Gasteiger partial charge < -0.3 is 10.1 Å². The van der Waals surface area contributed by atoms with Gasteiger partial charge in [-0.15, -0.1) is 0 Å². The largest absolute Gasteiger partial charge is 0.497 e. The summed E-state index contributed by atoms with van der Waals surface area (Å²) in [5.41, 5.74) is 3.39. The first-order chi connectivity index (χ1) is 15.4. The van der Waals surface area contributed by atoms with E-state index in [0.29, 0.717) is 17.8 Å². The highest BCUT2D eigenvalue weighted by Crippen LogP contribution is 2.36. The summed E-state index contributed by atoms with van der Waals surface area (Å²) in [6, 6.07) is 21.0. The van der Waals surface area contributed by atoms with Crippen molar-refractivity contribution in [3.05, 3.63) is 83.9 Å². The van der Waals surface area contributed by atoms with E-state index in [0.717, 1.165) is 25.0 Å². The number of hydrogen-bond donors (Lipinski definition) is 2. The smallest absolute Gasteiger partial charge is 0.261 e. The molecule has 1 unspecified atom stereocenters. The molecular formula is C25H26N2O4S. The summed E-state index contributed by atoms with van der Waals surface area (Å²) in [5.74, 6) is 0.898. The summed E-state index contributed by atoms with van der Waals surface area (Å²) in [6.45, 7) is 0. The lowest BCUT2D eigenvalue weighted by Crippen LogP contribution is -2.19. The molecule has 4 rings (SSSR count). The molecule has 1 aliphatic carbocycles. The van der Waals surface area contributed by atoms with Gasteiger partial charge in [-0.25, -0.2) is 8.42 Å². The number of amides is 1. The number of nitrogens with one attached hydrogen (secondary N) is 2. The van der Waals surface area contributed by atoms with E-state index < -0.39 is 10.0 Å². The van der Waals surface area contributed by atoms with Crippen LogP contribution in [0.4, 0.5) is 11.4 Å². The fourth-order valence-electron chi connectivity index (χ4n) is 4.14. The molecule has 7 heteroatoms. The average Bonchev–Trinajstić information content (AvgIpc) is 2.79. The summed E-state index contributed by atoms with van der Waals surface area (Å²) in [5, 5.41) is 2.91. The molecule has 0 spiro atoms. The van der Waals surface area contributed by atoms with Gasteiger partial charge in [0.05, 0.1) is 17.7 Å². The van der Waals surface area contributed by atoms with Crippen LogP contribution in [0.5, 0.6) is 5.75 Å². The molecule has 1 amide bonds. The molecule has 0 aromatic heterocycles. The second kappa shape index (κ2) is 9.44. The Morgan fingerprint density at radius 2 is 1.78 bits per heavy atom. The topological polar surface area (TPSA) is 84.5 Å². The molecule has 0 saturated carbocycles. The van der Waals surface area contributed by atoms with Gasteiger partial charge in [0.25, 0.3) is 10.0 Å². The Hall–Kier alpha value is -3.32. The van der Waals surface area contributed by atoms with Crippen LogP contribution in [0.2, 0.25) is 0 Å². The van der Waals surface area contributed by atoms with Crippen LogP contribution in [0, 0.1) is 0 Å². The second-order valence-electron chi connectivity index (χ2n) is 7.91. The van der Waals surface area contributed by atoms with Gasteiger partial charge in [-0.3, -0.25) is 9.52 Å². The maximum Gasteiger partial charge on any atom is 0.261 e. The van der Waals surface area contributed by atoms with Crippen molar-refractivity contribution >= 4 is 27.3 Å². The molecule has 2 N–H and O–H groups in total. The number of hydrogen-bond acceptors (Lipinski definition) is 4. The minimum absolute atomic E-state index is 0.0956. The number of aryl methyl sites for hydroxylation is 1. The Balaban J connectivity index is 1.43. The fraction of sp³-hybridized carbons (Fsp3) is 0.240. The van der Waals surface area contributed by atoms with Crippen LogP contribution in [0.3, 0.4) is 0 Å². The number of carbonyl (C=O) groups is 1. The molecule has 166 valence electrons. The molecule has 3 aromatic rings. The first-order valence-electron chi connectivity index (χ1n) is 10.6. The van der Waals surface area contributed by atoms with Gasteiger partial charge in [0.2, 0.25) is 5.91 Å². The summed E-state index contributed by atoms with van der Waals surface area (Å²) in [7, 11) is -2.04. The van der Waals surface area contributed by atoms with Gasteiger partial charge in [0, 0.05) is 12.1 Å². The van der Waals surface area contributed by atoms with Gasteiger partial charge in [-0.1, -0.05) is 30.3 Å². The Labute approximate surface area is 188 Å². The number of ether oxygens (including phenoxy) is 1. The predicted octanol–water partition coefficient (Wildman–Crippen LogP) is 4.94. The van der Waals surface area contributed by atoms with Crippen LogP contribution in [-0.2, 0) is 21.2 Å². The van der Waals surface area contributed by atoms with Crippen LogP contribution in [0.1, 0.15) is 36.3 Å². The molecule has 0 radical (unpaired) electrons. The fourth-order valence-corrected chi connectivity index (χ4v) is 5.21. The molecular weight excluding hydrogens is 424 g/mol. The summed E-state index contributed by atoms with van der Waals surface area (Å²) < 4.78 is 33.0. The first-order valence-corrected chi connectivity index (χ1v) is 12.1. The van der Waals surface area contributed by atoms with Crippen molar-refractivity contribution in [1.29, 1.82) is 0 Å². The molecule has 1 aliphatic rings. The zero-order valence-corrected chi connectivity index (χ0v) is 18.7. The minimum Gasteiger partial charge on any atom is -0.497 e. The van der Waals surface area contributed by atoms with E-state index in [-0.39, 0.29) is 16.7 Å². The van der Waals surface area contributed by atoms with E-state index in [9.17, 15) is 13.2 Å². The van der Waals surface area contributed by atoms with Crippen LogP contribution >= 0.6 is 0 Å². The van der Waals surface area contributed by atoms with Crippen LogP contribution < -0.4 is 14.8 Å². The monoisotopic (exact) mass is 450 g/mol. The number of benzene rings is 3. The number of sulfonamides is 1. The highest BCUT2D eigenvalue weighted by molar-refractivity contribution is 7.92. The molecule has 0 heterocycles. The molecule has 1 atom stereocenters.